The predicted octanol–water partition coefficient (Wildman–Crippen LogP) is 1.96. The van der Waals surface area contributed by atoms with E-state index in [1.165, 1.54) is 23.6 Å². The quantitative estimate of drug-likeness (QED) is 0.749. The molecule has 0 aliphatic heterocycles. The van der Waals surface area contributed by atoms with E-state index in [0.717, 1.165) is 12.8 Å². The molecule has 0 bridgehead atoms. The third kappa shape index (κ3) is 2.85. The van der Waals surface area contributed by atoms with E-state index in [-0.39, 0.29) is 23.8 Å². The topological polar surface area (TPSA) is 103 Å². The summed E-state index contributed by atoms with van der Waals surface area (Å²) in [5.41, 5.74) is 14.7. The number of rotatable bonds is 3. The lowest BCUT2D eigenvalue weighted by atomic mass is 10.1. The molecule has 7 heteroatoms. The van der Waals surface area contributed by atoms with E-state index in [2.05, 4.69) is 45.4 Å². The van der Waals surface area contributed by atoms with Crippen molar-refractivity contribution in [2.45, 2.75) is 38.5 Å². The van der Waals surface area contributed by atoms with E-state index >= 15 is 0 Å². The molecule has 2 atom stereocenters. The van der Waals surface area contributed by atoms with Crippen LogP contribution in [0.15, 0.2) is 18.2 Å². The molecule has 1 aliphatic rings. The fourth-order valence-electron chi connectivity index (χ4n) is 2.70. The second-order valence-electron chi connectivity index (χ2n) is 5.85. The molecule has 3 rings (SSSR count). The van der Waals surface area contributed by atoms with Gasteiger partial charge in [0.05, 0.1) is 6.04 Å². The Morgan fingerprint density at radius 2 is 2.09 bits per heavy atom. The van der Waals surface area contributed by atoms with Crippen molar-refractivity contribution >= 4 is 11.9 Å². The van der Waals surface area contributed by atoms with Gasteiger partial charge in [0.1, 0.15) is 0 Å². The van der Waals surface area contributed by atoms with Gasteiger partial charge in [0.2, 0.25) is 17.7 Å². The van der Waals surface area contributed by atoms with Crippen molar-refractivity contribution in [1.29, 1.82) is 0 Å². The van der Waals surface area contributed by atoms with Crippen molar-refractivity contribution in [3.63, 3.8) is 0 Å². The standard InChI is InChI=1S/C15H19FN6/c1-8-3-4-9-5-6-11(10(9)7-8)19-14-21-12(15(2,16)18)20-13(17)22-14/h3-4,7,11H,5-6,18H2,1-2H3,(H3,17,19,20,21,22). The molecule has 1 aliphatic carbocycles. The third-order valence-corrected chi connectivity index (χ3v) is 3.77. The summed E-state index contributed by atoms with van der Waals surface area (Å²) in [5.74, 6) is -2.14. The van der Waals surface area contributed by atoms with Gasteiger partial charge in [0, 0.05) is 0 Å². The predicted molar refractivity (Wildman–Crippen MR) is 82.8 cm³/mol. The lowest BCUT2D eigenvalue weighted by molar-refractivity contribution is 0.188. The second-order valence-corrected chi connectivity index (χ2v) is 5.85. The van der Waals surface area contributed by atoms with Crippen LogP contribution in [0.4, 0.5) is 16.3 Å². The molecule has 6 nitrogen and oxygen atoms in total. The number of benzene rings is 1. The summed E-state index contributed by atoms with van der Waals surface area (Å²) in [6.07, 6.45) is 1.91. The molecule has 1 heterocycles. The van der Waals surface area contributed by atoms with E-state index in [4.69, 9.17) is 11.5 Å². The maximum absolute atomic E-state index is 13.8. The molecule has 22 heavy (non-hydrogen) atoms. The lowest BCUT2D eigenvalue weighted by Gasteiger charge is -2.17. The number of nitrogens with one attached hydrogen (secondary N) is 1. The summed E-state index contributed by atoms with van der Waals surface area (Å²) in [6.45, 7) is 3.23. The largest absolute Gasteiger partial charge is 0.368 e. The molecular weight excluding hydrogens is 283 g/mol. The third-order valence-electron chi connectivity index (χ3n) is 3.77. The van der Waals surface area contributed by atoms with Crippen molar-refractivity contribution in [2.24, 2.45) is 5.73 Å². The molecule has 0 fully saturated rings. The molecule has 2 unspecified atom stereocenters. The molecule has 0 radical (unpaired) electrons. The van der Waals surface area contributed by atoms with Crippen LogP contribution in [-0.4, -0.2) is 15.0 Å². The molecule has 0 saturated heterocycles. The molecule has 0 saturated carbocycles. The van der Waals surface area contributed by atoms with E-state index in [1.54, 1.807) is 0 Å². The Bertz CT molecular complexity index is 710. The maximum Gasteiger partial charge on any atom is 0.228 e. The molecule has 0 spiro atoms. The van der Waals surface area contributed by atoms with Crippen LogP contribution < -0.4 is 16.8 Å². The normalized spacial score (nSPS) is 19.5. The first kappa shape index (κ1) is 14.6. The molecule has 5 N–H and O–H groups in total. The highest BCUT2D eigenvalue weighted by molar-refractivity contribution is 5.43. The van der Waals surface area contributed by atoms with Gasteiger partial charge in [-0.3, -0.25) is 5.73 Å². The highest BCUT2D eigenvalue weighted by atomic mass is 19.1. The maximum atomic E-state index is 13.8. The van der Waals surface area contributed by atoms with Crippen LogP contribution in [0.3, 0.4) is 0 Å². The smallest absolute Gasteiger partial charge is 0.228 e. The van der Waals surface area contributed by atoms with Gasteiger partial charge in [-0.2, -0.15) is 15.0 Å². The highest BCUT2D eigenvalue weighted by Crippen LogP contribution is 2.34. The van der Waals surface area contributed by atoms with Crippen molar-refractivity contribution in [2.75, 3.05) is 11.1 Å². The van der Waals surface area contributed by atoms with Crippen molar-refractivity contribution < 1.29 is 4.39 Å². The number of nitrogen functional groups attached to an aromatic ring is 1. The van der Waals surface area contributed by atoms with Gasteiger partial charge in [-0.25, -0.2) is 4.39 Å². The van der Waals surface area contributed by atoms with Gasteiger partial charge >= 0.3 is 0 Å². The van der Waals surface area contributed by atoms with Gasteiger partial charge in [0.25, 0.3) is 0 Å². The van der Waals surface area contributed by atoms with Crippen molar-refractivity contribution in [3.8, 4) is 0 Å². The Balaban J connectivity index is 1.89. The van der Waals surface area contributed by atoms with Crippen LogP contribution in [0, 0.1) is 6.92 Å². The Hall–Kier alpha value is -2.28. The first-order valence-corrected chi connectivity index (χ1v) is 7.19. The number of anilines is 2. The van der Waals surface area contributed by atoms with Gasteiger partial charge in [-0.1, -0.05) is 23.8 Å². The second kappa shape index (κ2) is 5.17. The Labute approximate surface area is 128 Å². The summed E-state index contributed by atoms with van der Waals surface area (Å²) in [5, 5.41) is 3.21. The van der Waals surface area contributed by atoms with Crippen LogP contribution in [0.2, 0.25) is 0 Å². The molecule has 0 amide bonds. The summed E-state index contributed by atoms with van der Waals surface area (Å²) >= 11 is 0. The molecular formula is C15H19FN6. The minimum atomic E-state index is -2.16. The number of alkyl halides is 1. The SMILES string of the molecule is Cc1ccc2c(c1)C(Nc1nc(N)nc(C(C)(N)F)n1)CC2. The first-order valence-electron chi connectivity index (χ1n) is 7.19. The monoisotopic (exact) mass is 302 g/mol. The van der Waals surface area contributed by atoms with Crippen LogP contribution in [0.5, 0.6) is 0 Å². The van der Waals surface area contributed by atoms with Gasteiger partial charge < -0.3 is 11.1 Å². The summed E-state index contributed by atoms with van der Waals surface area (Å²) in [6, 6.07) is 6.46. The average Bonchev–Trinajstić information content (AvgIpc) is 2.80. The number of fused-ring (bicyclic) bond motifs is 1. The number of hydrogen-bond acceptors (Lipinski definition) is 6. The fourth-order valence-corrected chi connectivity index (χ4v) is 2.70. The summed E-state index contributed by atoms with van der Waals surface area (Å²) in [7, 11) is 0. The molecule has 1 aromatic carbocycles. The van der Waals surface area contributed by atoms with Crippen molar-refractivity contribution in [3.05, 3.63) is 40.7 Å². The van der Waals surface area contributed by atoms with Crippen LogP contribution >= 0.6 is 0 Å². The number of nitrogens with zero attached hydrogens (tertiary/aromatic N) is 3. The average molecular weight is 302 g/mol. The molecule has 116 valence electrons. The number of halogens is 1. The number of hydrogen-bond donors (Lipinski definition) is 3. The summed E-state index contributed by atoms with van der Waals surface area (Å²) in [4.78, 5) is 11.8. The van der Waals surface area contributed by atoms with Crippen LogP contribution in [-0.2, 0) is 12.2 Å². The van der Waals surface area contributed by atoms with Crippen molar-refractivity contribution in [1.82, 2.24) is 15.0 Å². The fraction of sp³-hybridized carbons (Fsp3) is 0.400. The number of nitrogens with two attached hydrogens (primary N) is 2. The minimum Gasteiger partial charge on any atom is -0.368 e. The summed E-state index contributed by atoms with van der Waals surface area (Å²) < 4.78 is 13.8. The highest BCUT2D eigenvalue weighted by Gasteiger charge is 2.27. The lowest BCUT2D eigenvalue weighted by Crippen LogP contribution is -2.31. The minimum absolute atomic E-state index is 0.0516. The van der Waals surface area contributed by atoms with E-state index in [0.29, 0.717) is 0 Å². The molecule has 1 aromatic heterocycles. The Morgan fingerprint density at radius 3 is 2.82 bits per heavy atom. The van der Waals surface area contributed by atoms with Gasteiger partial charge in [-0.05, 0) is 37.8 Å². The van der Waals surface area contributed by atoms with E-state index in [1.807, 2.05) is 0 Å². The Kier molecular flexibility index (Phi) is 3.44. The zero-order chi connectivity index (χ0) is 15.9. The number of aryl methyl sites for hydroxylation is 2. The molecule has 2 aromatic rings. The van der Waals surface area contributed by atoms with Gasteiger partial charge in [0.15, 0.2) is 5.82 Å². The van der Waals surface area contributed by atoms with Crippen LogP contribution in [0.25, 0.3) is 0 Å². The zero-order valence-electron chi connectivity index (χ0n) is 12.6. The Morgan fingerprint density at radius 1 is 1.32 bits per heavy atom. The van der Waals surface area contributed by atoms with Crippen LogP contribution in [0.1, 0.15) is 41.9 Å². The van der Waals surface area contributed by atoms with Gasteiger partial charge in [-0.15, -0.1) is 0 Å². The first-order chi connectivity index (χ1) is 10.3. The number of aromatic nitrogens is 3. The van der Waals surface area contributed by atoms with E-state index in [9.17, 15) is 4.39 Å². The van der Waals surface area contributed by atoms with E-state index < -0.39 is 5.79 Å². The zero-order valence-corrected chi connectivity index (χ0v) is 12.6.